The van der Waals surface area contributed by atoms with Gasteiger partial charge in [0.05, 0.1) is 5.52 Å². The van der Waals surface area contributed by atoms with Gasteiger partial charge in [-0.1, -0.05) is 11.6 Å². The number of benzene rings is 1. The number of pyridine rings is 1. The normalized spacial score (nSPS) is 10.8. The lowest BCUT2D eigenvalue weighted by Crippen LogP contribution is -1.88. The second-order valence-electron chi connectivity index (χ2n) is 4.05. The van der Waals surface area contributed by atoms with E-state index in [2.05, 4.69) is 20.9 Å². The Balaban J connectivity index is 2.31. The molecule has 0 amide bonds. The van der Waals surface area contributed by atoms with Gasteiger partial charge in [0.2, 0.25) is 0 Å². The van der Waals surface area contributed by atoms with Gasteiger partial charge in [-0.2, -0.15) is 0 Å². The van der Waals surface area contributed by atoms with Crippen molar-refractivity contribution in [3.05, 3.63) is 57.8 Å². The third kappa shape index (κ3) is 2.17. The van der Waals surface area contributed by atoms with Gasteiger partial charge in [-0.25, -0.2) is 4.98 Å². The molecule has 2 heterocycles. The molecule has 19 heavy (non-hydrogen) atoms. The predicted octanol–water partition coefficient (Wildman–Crippen LogP) is 4.23. The van der Waals surface area contributed by atoms with Gasteiger partial charge in [0, 0.05) is 21.3 Å². The second kappa shape index (κ2) is 4.79. The summed E-state index contributed by atoms with van der Waals surface area (Å²) in [5.74, 6) is 0.718. The molecule has 2 aromatic heterocycles. The Morgan fingerprint density at radius 2 is 1.89 bits per heavy atom. The van der Waals surface area contributed by atoms with E-state index in [-0.39, 0.29) is 0 Å². The fourth-order valence-electron chi connectivity index (χ4n) is 1.97. The molecule has 0 fully saturated rings. The molecule has 0 atom stereocenters. The van der Waals surface area contributed by atoms with Crippen molar-refractivity contribution < 1.29 is 4.79 Å². The maximum absolute atomic E-state index is 11.1. The summed E-state index contributed by atoms with van der Waals surface area (Å²) in [6, 6.07) is 11.1. The molecule has 0 radical (unpaired) electrons. The minimum atomic E-state index is 0.428. The lowest BCUT2D eigenvalue weighted by atomic mass is 10.2. The van der Waals surface area contributed by atoms with Gasteiger partial charge < -0.3 is 0 Å². The molecule has 0 unspecified atom stereocenters. The number of aromatic nitrogens is 2. The van der Waals surface area contributed by atoms with Crippen LogP contribution in [0.25, 0.3) is 16.9 Å². The van der Waals surface area contributed by atoms with E-state index in [1.165, 1.54) is 0 Å². The summed E-state index contributed by atoms with van der Waals surface area (Å²) in [4.78, 5) is 15.5. The Morgan fingerprint density at radius 1 is 1.16 bits per heavy atom. The lowest BCUT2D eigenvalue weighted by Gasteiger charge is -2.02. The average Bonchev–Trinajstić information content (AvgIpc) is 2.77. The fraction of sp³-hybridized carbons (Fsp3) is 0. The van der Waals surface area contributed by atoms with Crippen LogP contribution < -0.4 is 0 Å². The van der Waals surface area contributed by atoms with Crippen molar-refractivity contribution in [3.63, 3.8) is 0 Å². The van der Waals surface area contributed by atoms with Crippen molar-refractivity contribution in [2.75, 3.05) is 0 Å². The van der Waals surface area contributed by atoms with Gasteiger partial charge in [0.1, 0.15) is 11.5 Å². The highest BCUT2D eigenvalue weighted by Crippen LogP contribution is 2.25. The first-order valence-corrected chi connectivity index (χ1v) is 6.75. The average molecular weight is 336 g/mol. The minimum absolute atomic E-state index is 0.428. The van der Waals surface area contributed by atoms with Gasteiger partial charge in [0.15, 0.2) is 6.29 Å². The van der Waals surface area contributed by atoms with Crippen molar-refractivity contribution in [1.29, 1.82) is 0 Å². The number of imidazole rings is 1. The monoisotopic (exact) mass is 334 g/mol. The quantitative estimate of drug-likeness (QED) is 0.657. The van der Waals surface area contributed by atoms with Crippen LogP contribution in [0.2, 0.25) is 5.02 Å². The van der Waals surface area contributed by atoms with E-state index in [0.717, 1.165) is 27.7 Å². The van der Waals surface area contributed by atoms with Crippen molar-refractivity contribution >= 4 is 39.3 Å². The molecule has 0 aliphatic rings. The Kier molecular flexibility index (Phi) is 3.12. The standard InChI is InChI=1S/C14H8BrClN2O/c15-10-3-6-13-12(8-19)17-14(18(13)7-10)9-1-4-11(16)5-2-9/h1-8H. The fourth-order valence-corrected chi connectivity index (χ4v) is 2.44. The van der Waals surface area contributed by atoms with Gasteiger partial charge in [-0.3, -0.25) is 9.20 Å². The number of hydrogen-bond donors (Lipinski definition) is 0. The Morgan fingerprint density at radius 3 is 2.58 bits per heavy atom. The summed E-state index contributed by atoms with van der Waals surface area (Å²) >= 11 is 9.31. The zero-order valence-electron chi connectivity index (χ0n) is 9.68. The van der Waals surface area contributed by atoms with E-state index < -0.39 is 0 Å². The Hall–Kier alpha value is -1.65. The molecule has 0 spiro atoms. The molecular formula is C14H8BrClN2O. The molecule has 3 aromatic rings. The SMILES string of the molecule is O=Cc1nc(-c2ccc(Cl)cc2)n2cc(Br)ccc12. The van der Waals surface area contributed by atoms with Crippen LogP contribution in [0.5, 0.6) is 0 Å². The highest BCUT2D eigenvalue weighted by atomic mass is 79.9. The van der Waals surface area contributed by atoms with Crippen molar-refractivity contribution in [3.8, 4) is 11.4 Å². The number of halogens is 2. The third-order valence-corrected chi connectivity index (χ3v) is 3.56. The first kappa shape index (κ1) is 12.4. The number of fused-ring (bicyclic) bond motifs is 1. The van der Waals surface area contributed by atoms with E-state index in [1.54, 1.807) is 12.1 Å². The highest BCUT2D eigenvalue weighted by molar-refractivity contribution is 9.10. The van der Waals surface area contributed by atoms with Gasteiger partial charge in [0.25, 0.3) is 0 Å². The Bertz CT molecular complexity index is 765. The number of hydrogen-bond acceptors (Lipinski definition) is 2. The summed E-state index contributed by atoms with van der Waals surface area (Å²) in [6.07, 6.45) is 2.65. The van der Waals surface area contributed by atoms with Crippen LogP contribution in [0.4, 0.5) is 0 Å². The molecule has 94 valence electrons. The van der Waals surface area contributed by atoms with Crippen molar-refractivity contribution in [1.82, 2.24) is 9.38 Å². The largest absolute Gasteiger partial charge is 0.298 e. The lowest BCUT2D eigenvalue weighted by molar-refractivity contribution is 0.112. The van der Waals surface area contributed by atoms with Crippen molar-refractivity contribution in [2.45, 2.75) is 0 Å². The molecule has 3 nitrogen and oxygen atoms in total. The summed E-state index contributed by atoms with van der Waals surface area (Å²) < 4.78 is 2.81. The van der Waals surface area contributed by atoms with Crippen LogP contribution >= 0.6 is 27.5 Å². The highest BCUT2D eigenvalue weighted by Gasteiger charge is 2.12. The molecule has 0 saturated heterocycles. The summed E-state index contributed by atoms with van der Waals surface area (Å²) in [6.45, 7) is 0. The van der Waals surface area contributed by atoms with Crippen LogP contribution in [0.3, 0.4) is 0 Å². The van der Waals surface area contributed by atoms with Gasteiger partial charge >= 0.3 is 0 Å². The maximum Gasteiger partial charge on any atom is 0.170 e. The first-order chi connectivity index (χ1) is 9.19. The van der Waals surface area contributed by atoms with Crippen LogP contribution in [-0.4, -0.2) is 15.7 Å². The second-order valence-corrected chi connectivity index (χ2v) is 5.40. The van der Waals surface area contributed by atoms with E-state index in [1.807, 2.05) is 34.9 Å². The van der Waals surface area contributed by atoms with E-state index >= 15 is 0 Å². The van der Waals surface area contributed by atoms with Gasteiger partial charge in [-0.05, 0) is 52.3 Å². The van der Waals surface area contributed by atoms with Crippen LogP contribution in [0, 0.1) is 0 Å². The number of carbonyl (C=O) groups excluding carboxylic acids is 1. The molecule has 0 aliphatic carbocycles. The summed E-state index contributed by atoms with van der Waals surface area (Å²) in [7, 11) is 0. The Labute approximate surface area is 123 Å². The summed E-state index contributed by atoms with van der Waals surface area (Å²) in [5, 5.41) is 0.668. The molecule has 0 bridgehead atoms. The van der Waals surface area contributed by atoms with Crippen LogP contribution in [0.1, 0.15) is 10.5 Å². The topological polar surface area (TPSA) is 34.4 Å². The predicted molar refractivity (Wildman–Crippen MR) is 78.7 cm³/mol. The third-order valence-electron chi connectivity index (χ3n) is 2.84. The van der Waals surface area contributed by atoms with Crippen molar-refractivity contribution in [2.24, 2.45) is 0 Å². The number of carbonyl (C=O) groups is 1. The number of nitrogens with zero attached hydrogens (tertiary/aromatic N) is 2. The molecule has 5 heteroatoms. The number of aldehydes is 1. The molecule has 0 N–H and O–H groups in total. The van der Waals surface area contributed by atoms with E-state index in [9.17, 15) is 4.79 Å². The van der Waals surface area contributed by atoms with Crippen LogP contribution in [-0.2, 0) is 0 Å². The minimum Gasteiger partial charge on any atom is -0.298 e. The maximum atomic E-state index is 11.1. The molecule has 0 saturated carbocycles. The van der Waals surface area contributed by atoms with Crippen LogP contribution in [0.15, 0.2) is 47.1 Å². The zero-order valence-corrected chi connectivity index (χ0v) is 12.0. The smallest absolute Gasteiger partial charge is 0.170 e. The van der Waals surface area contributed by atoms with E-state index in [4.69, 9.17) is 11.6 Å². The van der Waals surface area contributed by atoms with Gasteiger partial charge in [-0.15, -0.1) is 0 Å². The molecule has 3 rings (SSSR count). The zero-order chi connectivity index (χ0) is 13.4. The molecule has 1 aromatic carbocycles. The first-order valence-electron chi connectivity index (χ1n) is 5.58. The molecular weight excluding hydrogens is 328 g/mol. The van der Waals surface area contributed by atoms with E-state index in [0.29, 0.717) is 10.7 Å². The number of rotatable bonds is 2. The summed E-state index contributed by atoms with van der Waals surface area (Å²) in [5.41, 5.74) is 2.12. The molecule has 0 aliphatic heterocycles.